The highest BCUT2D eigenvalue weighted by molar-refractivity contribution is 6.34. The van der Waals surface area contributed by atoms with Crippen molar-refractivity contribution in [3.63, 3.8) is 0 Å². The molecular formula is C13H12ClN3O. The number of halogens is 1. The summed E-state index contributed by atoms with van der Waals surface area (Å²) in [6, 6.07) is 10.2. The third-order valence-corrected chi connectivity index (χ3v) is 2.80. The molecule has 2 aromatic rings. The number of benzene rings is 1. The van der Waals surface area contributed by atoms with Crippen LogP contribution in [0.2, 0.25) is 5.02 Å². The van der Waals surface area contributed by atoms with Crippen LogP contribution in [-0.4, -0.2) is 10.9 Å². The third-order valence-electron chi connectivity index (χ3n) is 2.47. The van der Waals surface area contributed by atoms with E-state index in [1.165, 1.54) is 0 Å². The molecule has 1 heterocycles. The Kier molecular flexibility index (Phi) is 3.48. The zero-order valence-electron chi connectivity index (χ0n) is 9.77. The van der Waals surface area contributed by atoms with Crippen LogP contribution >= 0.6 is 11.6 Å². The number of nitrogens with two attached hydrogens (primary N) is 1. The molecule has 0 radical (unpaired) electrons. The maximum atomic E-state index is 12.0. The van der Waals surface area contributed by atoms with Gasteiger partial charge in [0.05, 0.1) is 22.0 Å². The van der Waals surface area contributed by atoms with Crippen molar-refractivity contribution in [2.45, 2.75) is 6.92 Å². The molecular weight excluding hydrogens is 250 g/mol. The Morgan fingerprint density at radius 1 is 1.28 bits per heavy atom. The van der Waals surface area contributed by atoms with Gasteiger partial charge in [0.25, 0.3) is 5.91 Å². The minimum absolute atomic E-state index is 0.268. The highest BCUT2D eigenvalue weighted by Crippen LogP contribution is 2.19. The van der Waals surface area contributed by atoms with Crippen molar-refractivity contribution >= 4 is 29.0 Å². The molecule has 0 fully saturated rings. The quantitative estimate of drug-likeness (QED) is 0.873. The molecule has 2 rings (SSSR count). The van der Waals surface area contributed by atoms with Gasteiger partial charge >= 0.3 is 0 Å². The topological polar surface area (TPSA) is 68.0 Å². The monoisotopic (exact) mass is 261 g/mol. The average molecular weight is 262 g/mol. The number of anilines is 2. The van der Waals surface area contributed by atoms with E-state index >= 15 is 0 Å². The van der Waals surface area contributed by atoms with Crippen LogP contribution in [0.15, 0.2) is 36.4 Å². The maximum Gasteiger partial charge on any atom is 0.257 e. The largest absolute Gasteiger partial charge is 0.384 e. The second-order valence-electron chi connectivity index (χ2n) is 3.80. The maximum absolute atomic E-state index is 12.0. The lowest BCUT2D eigenvalue weighted by Gasteiger charge is -2.09. The first-order valence-electron chi connectivity index (χ1n) is 5.37. The van der Waals surface area contributed by atoms with Crippen LogP contribution in [-0.2, 0) is 0 Å². The number of carbonyl (C=O) groups is 1. The number of nitrogens with zero attached hydrogens (tertiary/aromatic N) is 1. The van der Waals surface area contributed by atoms with E-state index in [9.17, 15) is 4.79 Å². The molecule has 0 spiro atoms. The van der Waals surface area contributed by atoms with E-state index in [-0.39, 0.29) is 5.91 Å². The molecule has 0 unspecified atom stereocenters. The Morgan fingerprint density at radius 2 is 2.00 bits per heavy atom. The molecule has 18 heavy (non-hydrogen) atoms. The Labute approximate surface area is 110 Å². The van der Waals surface area contributed by atoms with E-state index in [0.29, 0.717) is 27.8 Å². The number of aryl methyl sites for hydroxylation is 1. The third kappa shape index (κ3) is 2.60. The summed E-state index contributed by atoms with van der Waals surface area (Å²) in [5, 5.41) is 3.17. The SMILES string of the molecule is Cc1nc(N)ccc1NC(=O)c1ccccc1Cl. The second-order valence-corrected chi connectivity index (χ2v) is 4.21. The number of rotatable bonds is 2. The lowest BCUT2D eigenvalue weighted by Crippen LogP contribution is -2.13. The zero-order chi connectivity index (χ0) is 13.1. The van der Waals surface area contributed by atoms with Gasteiger partial charge in [-0.1, -0.05) is 23.7 Å². The van der Waals surface area contributed by atoms with Gasteiger partial charge in [-0.05, 0) is 31.2 Å². The van der Waals surface area contributed by atoms with Gasteiger partial charge in [0.1, 0.15) is 5.82 Å². The van der Waals surface area contributed by atoms with Crippen LogP contribution in [0.5, 0.6) is 0 Å². The molecule has 1 amide bonds. The first kappa shape index (κ1) is 12.4. The summed E-state index contributed by atoms with van der Waals surface area (Å²) in [6.07, 6.45) is 0. The van der Waals surface area contributed by atoms with Crippen molar-refractivity contribution in [1.82, 2.24) is 4.98 Å². The zero-order valence-corrected chi connectivity index (χ0v) is 10.5. The highest BCUT2D eigenvalue weighted by Gasteiger charge is 2.11. The number of aromatic nitrogens is 1. The van der Waals surface area contributed by atoms with Gasteiger partial charge in [-0.3, -0.25) is 4.79 Å². The number of hydrogen-bond donors (Lipinski definition) is 2. The van der Waals surface area contributed by atoms with Crippen LogP contribution in [0.3, 0.4) is 0 Å². The number of carbonyl (C=O) groups excluding carboxylic acids is 1. The molecule has 0 saturated heterocycles. The molecule has 0 aliphatic carbocycles. The summed E-state index contributed by atoms with van der Waals surface area (Å²) in [5.74, 6) is 0.151. The van der Waals surface area contributed by atoms with Crippen molar-refractivity contribution in [1.29, 1.82) is 0 Å². The minimum atomic E-state index is -0.268. The summed E-state index contributed by atoms with van der Waals surface area (Å²) < 4.78 is 0. The first-order valence-corrected chi connectivity index (χ1v) is 5.74. The van der Waals surface area contributed by atoms with E-state index < -0.39 is 0 Å². The smallest absolute Gasteiger partial charge is 0.257 e. The van der Waals surface area contributed by atoms with Crippen LogP contribution in [0.4, 0.5) is 11.5 Å². The highest BCUT2D eigenvalue weighted by atomic mass is 35.5. The first-order chi connectivity index (χ1) is 8.58. The molecule has 0 bridgehead atoms. The molecule has 0 aliphatic heterocycles. The predicted molar refractivity (Wildman–Crippen MR) is 72.8 cm³/mol. The van der Waals surface area contributed by atoms with E-state index in [1.807, 2.05) is 0 Å². The van der Waals surface area contributed by atoms with Crippen molar-refractivity contribution in [3.05, 3.63) is 52.7 Å². The van der Waals surface area contributed by atoms with Gasteiger partial charge in [-0.15, -0.1) is 0 Å². The number of nitrogens with one attached hydrogen (secondary N) is 1. The van der Waals surface area contributed by atoms with Gasteiger partial charge in [0.2, 0.25) is 0 Å². The number of amides is 1. The molecule has 3 N–H and O–H groups in total. The average Bonchev–Trinajstić information content (AvgIpc) is 2.33. The van der Waals surface area contributed by atoms with Gasteiger partial charge < -0.3 is 11.1 Å². The fourth-order valence-electron chi connectivity index (χ4n) is 1.55. The lowest BCUT2D eigenvalue weighted by atomic mass is 10.2. The Morgan fingerprint density at radius 3 is 2.67 bits per heavy atom. The van der Waals surface area contributed by atoms with E-state index in [0.717, 1.165) is 0 Å². The summed E-state index contributed by atoms with van der Waals surface area (Å²) in [7, 11) is 0. The van der Waals surface area contributed by atoms with Crippen molar-refractivity contribution < 1.29 is 4.79 Å². The Balaban J connectivity index is 2.24. The van der Waals surface area contributed by atoms with Gasteiger partial charge in [-0.25, -0.2) is 4.98 Å². The normalized spacial score (nSPS) is 10.1. The van der Waals surface area contributed by atoms with Crippen molar-refractivity contribution in [2.24, 2.45) is 0 Å². The van der Waals surface area contributed by atoms with Crippen molar-refractivity contribution in [2.75, 3.05) is 11.1 Å². The predicted octanol–water partition coefficient (Wildman–Crippen LogP) is 2.88. The molecule has 0 atom stereocenters. The number of nitrogen functional groups attached to an aromatic ring is 1. The Hall–Kier alpha value is -2.07. The van der Waals surface area contributed by atoms with Gasteiger partial charge in [0.15, 0.2) is 0 Å². The van der Waals surface area contributed by atoms with Crippen molar-refractivity contribution in [3.8, 4) is 0 Å². The summed E-state index contributed by atoms with van der Waals surface area (Å²) in [6.45, 7) is 1.78. The second kappa shape index (κ2) is 5.06. The van der Waals surface area contributed by atoms with Crippen LogP contribution in [0, 0.1) is 6.92 Å². The number of pyridine rings is 1. The molecule has 4 nitrogen and oxygen atoms in total. The summed E-state index contributed by atoms with van der Waals surface area (Å²) in [4.78, 5) is 16.1. The van der Waals surface area contributed by atoms with Crippen LogP contribution < -0.4 is 11.1 Å². The molecule has 0 aliphatic rings. The van der Waals surface area contributed by atoms with E-state index in [2.05, 4.69) is 10.3 Å². The van der Waals surface area contributed by atoms with Gasteiger partial charge in [0, 0.05) is 0 Å². The lowest BCUT2D eigenvalue weighted by molar-refractivity contribution is 0.102. The van der Waals surface area contributed by atoms with Gasteiger partial charge in [-0.2, -0.15) is 0 Å². The minimum Gasteiger partial charge on any atom is -0.384 e. The molecule has 92 valence electrons. The fourth-order valence-corrected chi connectivity index (χ4v) is 1.77. The summed E-state index contributed by atoms with van der Waals surface area (Å²) >= 11 is 5.95. The molecule has 1 aromatic heterocycles. The molecule has 5 heteroatoms. The standard InChI is InChI=1S/C13H12ClN3O/c1-8-11(6-7-12(15)16-8)17-13(18)9-4-2-3-5-10(9)14/h2-7H,1H3,(H2,15,16)(H,17,18). The van der Waals surface area contributed by atoms with Crippen LogP contribution in [0.25, 0.3) is 0 Å². The van der Waals surface area contributed by atoms with Crippen LogP contribution in [0.1, 0.15) is 16.1 Å². The fraction of sp³-hybridized carbons (Fsp3) is 0.0769. The number of hydrogen-bond acceptors (Lipinski definition) is 3. The van der Waals surface area contributed by atoms with E-state index in [4.69, 9.17) is 17.3 Å². The Bertz CT molecular complexity index is 599. The molecule has 1 aromatic carbocycles. The molecule has 0 saturated carbocycles. The van der Waals surface area contributed by atoms with E-state index in [1.54, 1.807) is 43.3 Å². The summed E-state index contributed by atoms with van der Waals surface area (Å²) in [5.41, 5.74) is 7.26.